The number of hydrogen-bond acceptors (Lipinski definition) is 0. The van der Waals surface area contributed by atoms with Crippen molar-refractivity contribution in [2.24, 2.45) is 0 Å². The van der Waals surface area contributed by atoms with Gasteiger partial charge in [-0.05, 0) is 24.5 Å². The van der Waals surface area contributed by atoms with Crippen LogP contribution >= 0.6 is 0 Å². The van der Waals surface area contributed by atoms with Crippen LogP contribution in [0.3, 0.4) is 0 Å². The zero-order valence-corrected chi connectivity index (χ0v) is 14.1. The van der Waals surface area contributed by atoms with Crippen LogP contribution in [0, 0.1) is 6.92 Å². The molecule has 0 aliphatic carbocycles. The van der Waals surface area contributed by atoms with Crippen LogP contribution in [0.2, 0.25) is 0 Å². The highest BCUT2D eigenvalue weighted by Gasteiger charge is 2.28. The monoisotopic (exact) mass is 324 g/mol. The molecule has 0 fully saturated rings. The summed E-state index contributed by atoms with van der Waals surface area (Å²) in [5.41, 5.74) is 5.44. The molecular weight excluding hydrogens is 304 g/mol. The van der Waals surface area contributed by atoms with Crippen molar-refractivity contribution in [2.75, 3.05) is 0 Å². The SMILES string of the molecule is Cc1ccccc1C[n+]1cc(-c2ccccc2)n2c1CCC2.[Cl-]. The van der Waals surface area contributed by atoms with Crippen molar-refractivity contribution >= 4 is 0 Å². The summed E-state index contributed by atoms with van der Waals surface area (Å²) in [6, 6.07) is 19.4. The van der Waals surface area contributed by atoms with Gasteiger partial charge in [0.15, 0.2) is 5.69 Å². The van der Waals surface area contributed by atoms with Gasteiger partial charge in [-0.25, -0.2) is 9.13 Å². The predicted molar refractivity (Wildman–Crippen MR) is 88.7 cm³/mol. The Labute approximate surface area is 143 Å². The normalized spacial score (nSPS) is 12.7. The van der Waals surface area contributed by atoms with Crippen LogP contribution in [-0.4, -0.2) is 4.57 Å². The lowest BCUT2D eigenvalue weighted by molar-refractivity contribution is -0.694. The Kier molecular flexibility index (Phi) is 4.53. The Hall–Kier alpha value is -2.06. The molecule has 1 aliphatic heterocycles. The number of halogens is 1. The van der Waals surface area contributed by atoms with E-state index >= 15 is 0 Å². The summed E-state index contributed by atoms with van der Waals surface area (Å²) in [5.74, 6) is 1.46. The van der Waals surface area contributed by atoms with Gasteiger partial charge in [0.1, 0.15) is 12.7 Å². The fraction of sp³-hybridized carbons (Fsp3) is 0.250. The smallest absolute Gasteiger partial charge is 0.257 e. The zero-order valence-electron chi connectivity index (χ0n) is 13.4. The van der Waals surface area contributed by atoms with Gasteiger partial charge in [0.2, 0.25) is 0 Å². The van der Waals surface area contributed by atoms with E-state index in [2.05, 4.69) is 76.9 Å². The van der Waals surface area contributed by atoms with E-state index in [0.29, 0.717) is 0 Å². The first kappa shape index (κ1) is 15.8. The first-order chi connectivity index (χ1) is 10.8. The highest BCUT2D eigenvalue weighted by atomic mass is 35.5. The lowest BCUT2D eigenvalue weighted by Crippen LogP contribution is -3.00. The number of imidazole rings is 1. The van der Waals surface area contributed by atoms with Gasteiger partial charge in [0.05, 0.1) is 13.0 Å². The molecule has 0 bridgehead atoms. The minimum atomic E-state index is 0. The third-order valence-electron chi connectivity index (χ3n) is 4.67. The number of aryl methyl sites for hydroxylation is 1. The summed E-state index contributed by atoms with van der Waals surface area (Å²) in [7, 11) is 0. The van der Waals surface area contributed by atoms with Gasteiger partial charge in [-0.15, -0.1) is 0 Å². The van der Waals surface area contributed by atoms with Gasteiger partial charge in [-0.2, -0.15) is 0 Å². The molecular formula is C20H21ClN2. The van der Waals surface area contributed by atoms with Crippen molar-refractivity contribution in [3.63, 3.8) is 0 Å². The predicted octanol–water partition coefficient (Wildman–Crippen LogP) is 0.750. The van der Waals surface area contributed by atoms with Crippen molar-refractivity contribution in [1.82, 2.24) is 4.57 Å². The Morgan fingerprint density at radius 1 is 1.00 bits per heavy atom. The largest absolute Gasteiger partial charge is 1.00 e. The standard InChI is InChI=1S/C20H21N2.ClH/c1-16-8-5-6-11-18(16)14-21-15-19(17-9-3-2-4-10-17)22-13-7-12-20(21)22;/h2-6,8-11,15H,7,12-14H2,1H3;1H/q+1;/p-1. The maximum absolute atomic E-state index is 2.49. The highest BCUT2D eigenvalue weighted by Crippen LogP contribution is 2.24. The van der Waals surface area contributed by atoms with Crippen molar-refractivity contribution in [1.29, 1.82) is 0 Å². The van der Waals surface area contributed by atoms with E-state index < -0.39 is 0 Å². The number of aromatic nitrogens is 2. The second kappa shape index (κ2) is 6.59. The summed E-state index contributed by atoms with van der Waals surface area (Å²) in [6.45, 7) is 4.31. The average Bonchev–Trinajstić information content (AvgIpc) is 3.14. The summed E-state index contributed by atoms with van der Waals surface area (Å²) >= 11 is 0. The molecule has 3 aromatic rings. The van der Waals surface area contributed by atoms with E-state index in [0.717, 1.165) is 13.1 Å². The number of rotatable bonds is 3. The molecule has 0 radical (unpaired) electrons. The first-order valence-corrected chi connectivity index (χ1v) is 8.05. The van der Waals surface area contributed by atoms with Gasteiger partial charge < -0.3 is 12.4 Å². The van der Waals surface area contributed by atoms with Gasteiger partial charge in [-0.3, -0.25) is 0 Å². The van der Waals surface area contributed by atoms with Crippen LogP contribution in [0.25, 0.3) is 11.3 Å². The van der Waals surface area contributed by atoms with E-state index in [1.165, 1.54) is 41.1 Å². The third kappa shape index (κ3) is 2.91. The van der Waals surface area contributed by atoms with Crippen molar-refractivity contribution in [3.05, 3.63) is 77.7 Å². The van der Waals surface area contributed by atoms with Crippen LogP contribution in [-0.2, 0) is 19.5 Å². The molecule has 0 saturated heterocycles. The highest BCUT2D eigenvalue weighted by molar-refractivity contribution is 5.58. The quantitative estimate of drug-likeness (QED) is 0.629. The average molecular weight is 325 g/mol. The number of benzene rings is 2. The van der Waals surface area contributed by atoms with Crippen LogP contribution < -0.4 is 17.0 Å². The molecule has 1 aromatic heterocycles. The van der Waals surface area contributed by atoms with Crippen LogP contribution in [0.1, 0.15) is 23.4 Å². The number of nitrogens with zero attached hydrogens (tertiary/aromatic N) is 2. The van der Waals surface area contributed by atoms with Crippen LogP contribution in [0.4, 0.5) is 0 Å². The molecule has 0 saturated carbocycles. The summed E-state index contributed by atoms with van der Waals surface area (Å²) < 4.78 is 4.94. The fourth-order valence-electron chi connectivity index (χ4n) is 3.46. The van der Waals surface area contributed by atoms with E-state index in [-0.39, 0.29) is 12.4 Å². The number of hydrogen-bond donors (Lipinski definition) is 0. The minimum Gasteiger partial charge on any atom is -1.00 e. The Morgan fingerprint density at radius 2 is 1.74 bits per heavy atom. The Balaban J connectivity index is 0.00000156. The van der Waals surface area contributed by atoms with Crippen molar-refractivity contribution in [3.8, 4) is 11.3 Å². The molecule has 0 unspecified atom stereocenters. The molecule has 0 atom stereocenters. The first-order valence-electron chi connectivity index (χ1n) is 8.05. The molecule has 0 spiro atoms. The van der Waals surface area contributed by atoms with Crippen molar-refractivity contribution < 1.29 is 17.0 Å². The molecule has 2 aromatic carbocycles. The molecule has 1 aliphatic rings. The molecule has 2 heterocycles. The Bertz CT molecular complexity index is 806. The molecule has 23 heavy (non-hydrogen) atoms. The second-order valence-corrected chi connectivity index (χ2v) is 6.11. The van der Waals surface area contributed by atoms with E-state index in [4.69, 9.17) is 0 Å². The molecule has 4 rings (SSSR count). The fourth-order valence-corrected chi connectivity index (χ4v) is 3.46. The molecule has 2 nitrogen and oxygen atoms in total. The van der Waals surface area contributed by atoms with Crippen LogP contribution in [0.15, 0.2) is 60.8 Å². The van der Waals surface area contributed by atoms with Crippen LogP contribution in [0.5, 0.6) is 0 Å². The zero-order chi connectivity index (χ0) is 14.9. The molecule has 0 N–H and O–H groups in total. The Morgan fingerprint density at radius 3 is 2.52 bits per heavy atom. The summed E-state index contributed by atoms with van der Waals surface area (Å²) in [4.78, 5) is 0. The van der Waals surface area contributed by atoms with E-state index in [1.54, 1.807) is 0 Å². The summed E-state index contributed by atoms with van der Waals surface area (Å²) in [6.07, 6.45) is 4.76. The van der Waals surface area contributed by atoms with Gasteiger partial charge in [-0.1, -0.05) is 54.6 Å². The molecule has 118 valence electrons. The van der Waals surface area contributed by atoms with Gasteiger partial charge in [0.25, 0.3) is 5.82 Å². The lowest BCUT2D eigenvalue weighted by atomic mass is 10.1. The third-order valence-corrected chi connectivity index (χ3v) is 4.67. The summed E-state index contributed by atoms with van der Waals surface area (Å²) in [5, 5.41) is 0. The van der Waals surface area contributed by atoms with E-state index in [1.807, 2.05) is 0 Å². The maximum atomic E-state index is 2.49. The van der Waals surface area contributed by atoms with Crippen molar-refractivity contribution in [2.45, 2.75) is 32.9 Å². The van der Waals surface area contributed by atoms with Gasteiger partial charge in [0, 0.05) is 5.56 Å². The lowest BCUT2D eigenvalue weighted by Gasteiger charge is -2.03. The second-order valence-electron chi connectivity index (χ2n) is 6.11. The number of fused-ring (bicyclic) bond motifs is 1. The van der Waals surface area contributed by atoms with Gasteiger partial charge >= 0.3 is 0 Å². The molecule has 3 heteroatoms. The minimum absolute atomic E-state index is 0. The molecule has 0 amide bonds. The maximum Gasteiger partial charge on any atom is 0.257 e. The topological polar surface area (TPSA) is 8.81 Å². The van der Waals surface area contributed by atoms with E-state index in [9.17, 15) is 0 Å².